The maximum atomic E-state index is 9.13. The average molecular weight is 186 g/mol. The minimum absolute atomic E-state index is 0. The highest BCUT2D eigenvalue weighted by Crippen LogP contribution is 2.17. The number of nitrogens with zero attached hydrogens (tertiary/aromatic N) is 3. The Morgan fingerprint density at radius 1 is 1.42 bits per heavy atom. The number of aromatic nitrogens is 4. The first-order valence-corrected chi connectivity index (χ1v) is 3.31. The van der Waals surface area contributed by atoms with Crippen LogP contribution in [-0.2, 0) is 0 Å². The Hall–Kier alpha value is -1.34. The van der Waals surface area contributed by atoms with E-state index < -0.39 is 0 Å². The minimum Gasteiger partial charge on any atom is -0.492 e. The van der Waals surface area contributed by atoms with Crippen LogP contribution in [0.5, 0.6) is 5.88 Å². The fraction of sp³-hybridized carbons (Fsp3) is 0. The number of fused-ring (bicyclic) bond motifs is 1. The number of hydrogen-bond acceptors (Lipinski definition) is 5. The molecule has 0 saturated carbocycles. The molecule has 7 heteroatoms. The SMILES string of the molecule is O.Oc1ncnc2nc(S)[nH]c12. The van der Waals surface area contributed by atoms with E-state index in [4.69, 9.17) is 5.11 Å². The van der Waals surface area contributed by atoms with Crippen LogP contribution in [0.25, 0.3) is 11.2 Å². The molecule has 12 heavy (non-hydrogen) atoms. The minimum atomic E-state index is -0.109. The summed E-state index contributed by atoms with van der Waals surface area (Å²) in [5, 5.41) is 9.54. The lowest BCUT2D eigenvalue weighted by Crippen LogP contribution is -1.79. The van der Waals surface area contributed by atoms with Gasteiger partial charge in [-0.1, -0.05) is 0 Å². The molecule has 0 aliphatic carbocycles. The molecule has 0 unspecified atom stereocenters. The van der Waals surface area contributed by atoms with E-state index in [0.29, 0.717) is 16.3 Å². The molecule has 4 N–H and O–H groups in total. The van der Waals surface area contributed by atoms with Gasteiger partial charge in [0.25, 0.3) is 0 Å². The molecule has 6 nitrogen and oxygen atoms in total. The highest BCUT2D eigenvalue weighted by Gasteiger charge is 2.04. The van der Waals surface area contributed by atoms with Crippen molar-refractivity contribution in [1.29, 1.82) is 0 Å². The third-order valence-corrected chi connectivity index (χ3v) is 1.47. The van der Waals surface area contributed by atoms with E-state index in [2.05, 4.69) is 32.6 Å². The Balaban J connectivity index is 0.000000720. The van der Waals surface area contributed by atoms with Gasteiger partial charge in [-0.05, 0) is 0 Å². The number of aromatic hydroxyl groups is 1. The Kier molecular flexibility index (Phi) is 2.15. The van der Waals surface area contributed by atoms with E-state index in [1.807, 2.05) is 0 Å². The molecule has 0 bridgehead atoms. The van der Waals surface area contributed by atoms with Gasteiger partial charge in [0.05, 0.1) is 0 Å². The number of rotatable bonds is 0. The Morgan fingerprint density at radius 2 is 2.17 bits per heavy atom. The fourth-order valence-electron chi connectivity index (χ4n) is 0.804. The van der Waals surface area contributed by atoms with Crippen molar-refractivity contribution >= 4 is 23.8 Å². The van der Waals surface area contributed by atoms with Crippen molar-refractivity contribution < 1.29 is 10.6 Å². The van der Waals surface area contributed by atoms with E-state index >= 15 is 0 Å². The first-order valence-electron chi connectivity index (χ1n) is 2.86. The highest BCUT2D eigenvalue weighted by molar-refractivity contribution is 7.80. The normalized spacial score (nSPS) is 9.75. The third kappa shape index (κ3) is 1.19. The zero-order valence-corrected chi connectivity index (χ0v) is 6.71. The Labute approximate surface area is 72.4 Å². The van der Waals surface area contributed by atoms with E-state index in [-0.39, 0.29) is 11.4 Å². The van der Waals surface area contributed by atoms with Crippen molar-refractivity contribution in [2.24, 2.45) is 0 Å². The van der Waals surface area contributed by atoms with E-state index in [1.165, 1.54) is 6.33 Å². The second-order valence-electron chi connectivity index (χ2n) is 1.96. The maximum absolute atomic E-state index is 9.13. The molecule has 0 aliphatic rings. The van der Waals surface area contributed by atoms with Gasteiger partial charge in [-0.3, -0.25) is 0 Å². The van der Waals surface area contributed by atoms with Gasteiger partial charge < -0.3 is 15.6 Å². The standard InChI is InChI=1S/C5H4N4OS.H2O/c10-4-2-3(6-1-7-4)9-5(11)8-2;/h1H,(H3,6,7,8,9,10,11);1H2. The van der Waals surface area contributed by atoms with Crippen LogP contribution in [0.4, 0.5) is 0 Å². The molecule has 0 amide bonds. The van der Waals surface area contributed by atoms with Crippen LogP contribution >= 0.6 is 12.6 Å². The largest absolute Gasteiger partial charge is 0.492 e. The molecule has 0 radical (unpaired) electrons. The molecular formula is C5H6N4O2S. The summed E-state index contributed by atoms with van der Waals surface area (Å²) in [4.78, 5) is 13.9. The van der Waals surface area contributed by atoms with Gasteiger partial charge in [0, 0.05) is 0 Å². The Bertz CT molecular complexity index is 401. The second-order valence-corrected chi connectivity index (χ2v) is 2.38. The predicted molar refractivity (Wildman–Crippen MR) is 44.2 cm³/mol. The molecular weight excluding hydrogens is 180 g/mol. The number of H-pyrrole nitrogens is 1. The van der Waals surface area contributed by atoms with Gasteiger partial charge in [-0.15, -0.1) is 12.6 Å². The van der Waals surface area contributed by atoms with Gasteiger partial charge >= 0.3 is 0 Å². The van der Waals surface area contributed by atoms with Crippen LogP contribution in [0.1, 0.15) is 0 Å². The van der Waals surface area contributed by atoms with Crippen LogP contribution in [0.2, 0.25) is 0 Å². The van der Waals surface area contributed by atoms with Crippen LogP contribution < -0.4 is 0 Å². The smallest absolute Gasteiger partial charge is 0.240 e. The van der Waals surface area contributed by atoms with Crippen LogP contribution in [0.3, 0.4) is 0 Å². The molecule has 2 rings (SSSR count). The summed E-state index contributed by atoms with van der Waals surface area (Å²) in [5.74, 6) is -0.109. The Morgan fingerprint density at radius 3 is 2.83 bits per heavy atom. The number of hydrogen-bond donors (Lipinski definition) is 3. The van der Waals surface area contributed by atoms with Crippen LogP contribution in [0, 0.1) is 0 Å². The fourth-order valence-corrected chi connectivity index (χ4v) is 1.01. The number of aromatic amines is 1. The van der Waals surface area contributed by atoms with Crippen LogP contribution in [-0.4, -0.2) is 30.5 Å². The van der Waals surface area contributed by atoms with Gasteiger partial charge in [-0.2, -0.15) is 4.98 Å². The summed E-state index contributed by atoms with van der Waals surface area (Å²) in [6.07, 6.45) is 1.24. The topological polar surface area (TPSA) is 106 Å². The lowest BCUT2D eigenvalue weighted by Gasteiger charge is -1.87. The first-order chi connectivity index (χ1) is 5.27. The molecule has 0 aliphatic heterocycles. The highest BCUT2D eigenvalue weighted by atomic mass is 32.1. The number of nitrogens with one attached hydrogen (secondary N) is 1. The van der Waals surface area contributed by atoms with Crippen molar-refractivity contribution in [1.82, 2.24) is 19.9 Å². The molecule has 0 saturated heterocycles. The molecule has 0 atom stereocenters. The molecule has 2 aromatic heterocycles. The quantitative estimate of drug-likeness (QED) is 0.483. The van der Waals surface area contributed by atoms with Gasteiger partial charge in [0.1, 0.15) is 11.8 Å². The molecule has 0 spiro atoms. The molecule has 64 valence electrons. The van der Waals surface area contributed by atoms with Gasteiger partial charge in [-0.25, -0.2) is 9.97 Å². The van der Waals surface area contributed by atoms with Crippen LogP contribution in [0.15, 0.2) is 11.5 Å². The van der Waals surface area contributed by atoms with Gasteiger partial charge in [0.2, 0.25) is 5.88 Å². The summed E-state index contributed by atoms with van der Waals surface area (Å²) in [5.41, 5.74) is 0.833. The summed E-state index contributed by atoms with van der Waals surface area (Å²) in [6, 6.07) is 0. The summed E-state index contributed by atoms with van der Waals surface area (Å²) < 4.78 is 0. The number of thiol groups is 1. The zero-order valence-electron chi connectivity index (χ0n) is 5.81. The zero-order chi connectivity index (χ0) is 7.84. The maximum Gasteiger partial charge on any atom is 0.240 e. The molecule has 0 aromatic carbocycles. The lowest BCUT2D eigenvalue weighted by molar-refractivity contribution is 0.458. The van der Waals surface area contributed by atoms with Crippen molar-refractivity contribution in [3.63, 3.8) is 0 Å². The van der Waals surface area contributed by atoms with Crippen molar-refractivity contribution in [3.8, 4) is 5.88 Å². The van der Waals surface area contributed by atoms with Crippen molar-refractivity contribution in [2.75, 3.05) is 0 Å². The second kappa shape index (κ2) is 2.95. The van der Waals surface area contributed by atoms with Crippen molar-refractivity contribution in [3.05, 3.63) is 6.33 Å². The van der Waals surface area contributed by atoms with E-state index in [9.17, 15) is 0 Å². The summed E-state index contributed by atoms with van der Waals surface area (Å²) in [6.45, 7) is 0. The van der Waals surface area contributed by atoms with E-state index in [0.717, 1.165) is 0 Å². The predicted octanol–water partition coefficient (Wildman–Crippen LogP) is -0.478. The van der Waals surface area contributed by atoms with Gasteiger partial charge in [0.15, 0.2) is 10.8 Å². The van der Waals surface area contributed by atoms with Crippen molar-refractivity contribution in [2.45, 2.75) is 5.16 Å². The first kappa shape index (κ1) is 8.75. The third-order valence-electron chi connectivity index (χ3n) is 1.26. The summed E-state index contributed by atoms with van der Waals surface area (Å²) in [7, 11) is 0. The average Bonchev–Trinajstić information content (AvgIpc) is 2.31. The van der Waals surface area contributed by atoms with E-state index in [1.54, 1.807) is 0 Å². The molecule has 0 fully saturated rings. The molecule has 2 heterocycles. The molecule has 2 aromatic rings. The lowest BCUT2D eigenvalue weighted by atomic mass is 10.5. The summed E-state index contributed by atoms with van der Waals surface area (Å²) >= 11 is 3.94. The monoisotopic (exact) mass is 186 g/mol. The number of imidazole rings is 1.